The third kappa shape index (κ3) is 3.02. The number of hydrogen-bond acceptors (Lipinski definition) is 4. The zero-order chi connectivity index (χ0) is 17.2. The van der Waals surface area contributed by atoms with Crippen LogP contribution in [0.25, 0.3) is 0 Å². The normalized spacial score (nSPS) is 14.3. The molecule has 0 spiro atoms. The van der Waals surface area contributed by atoms with Gasteiger partial charge in [-0.1, -0.05) is 18.2 Å². The Morgan fingerprint density at radius 3 is 2.92 bits per heavy atom. The molecule has 0 bridgehead atoms. The minimum Gasteiger partial charge on any atom is -0.496 e. The van der Waals surface area contributed by atoms with Crippen molar-refractivity contribution in [1.29, 1.82) is 0 Å². The van der Waals surface area contributed by atoms with Crippen molar-refractivity contribution < 1.29 is 19.0 Å². The van der Waals surface area contributed by atoms with Gasteiger partial charge in [-0.2, -0.15) is 0 Å². The summed E-state index contributed by atoms with van der Waals surface area (Å²) in [6, 6.07) is 9.77. The summed E-state index contributed by atoms with van der Waals surface area (Å²) >= 11 is 0. The van der Waals surface area contributed by atoms with E-state index in [1.54, 1.807) is 7.11 Å². The largest absolute Gasteiger partial charge is 0.496 e. The number of hydrogen-bond donors (Lipinski definition) is 1. The second-order valence-corrected chi connectivity index (χ2v) is 6.28. The van der Waals surface area contributed by atoms with E-state index in [9.17, 15) is 4.79 Å². The van der Waals surface area contributed by atoms with Gasteiger partial charge in [-0.3, -0.25) is 4.79 Å². The Hall–Kier alpha value is -2.69. The summed E-state index contributed by atoms with van der Waals surface area (Å²) in [5, 5.41) is 2.99. The first-order valence-corrected chi connectivity index (χ1v) is 8.58. The maximum Gasteiger partial charge on any atom is 0.224 e. The van der Waals surface area contributed by atoms with Crippen LogP contribution >= 0.6 is 0 Å². The highest BCUT2D eigenvalue weighted by molar-refractivity contribution is 5.81. The van der Waals surface area contributed by atoms with Crippen LogP contribution in [-0.2, 0) is 30.6 Å². The van der Waals surface area contributed by atoms with Gasteiger partial charge in [-0.15, -0.1) is 0 Å². The quantitative estimate of drug-likeness (QED) is 0.909. The van der Waals surface area contributed by atoms with Gasteiger partial charge in [0.2, 0.25) is 5.91 Å². The molecule has 0 saturated carbocycles. The number of rotatable bonds is 5. The highest BCUT2D eigenvalue weighted by Crippen LogP contribution is 2.40. The van der Waals surface area contributed by atoms with Gasteiger partial charge in [0.25, 0.3) is 0 Å². The molecule has 4 rings (SSSR count). The van der Waals surface area contributed by atoms with Crippen molar-refractivity contribution in [2.45, 2.75) is 25.8 Å². The van der Waals surface area contributed by atoms with Gasteiger partial charge in [-0.25, -0.2) is 0 Å². The molecule has 0 radical (unpaired) electrons. The highest BCUT2D eigenvalue weighted by atomic mass is 16.5. The van der Waals surface area contributed by atoms with E-state index in [1.807, 2.05) is 24.3 Å². The SMILES string of the molecule is COc1ccccc1CNC(=O)Cc1c2c(cc3c1OCC3)OCC2. The Kier molecular flexibility index (Phi) is 4.22. The minimum atomic E-state index is -0.0242. The van der Waals surface area contributed by atoms with Crippen LogP contribution in [0.3, 0.4) is 0 Å². The van der Waals surface area contributed by atoms with Crippen LogP contribution in [0.5, 0.6) is 17.2 Å². The monoisotopic (exact) mass is 339 g/mol. The molecule has 0 atom stereocenters. The summed E-state index contributed by atoms with van der Waals surface area (Å²) in [5.41, 5.74) is 4.21. The Morgan fingerprint density at radius 1 is 1.20 bits per heavy atom. The van der Waals surface area contributed by atoms with Crippen LogP contribution < -0.4 is 19.5 Å². The number of amides is 1. The molecule has 25 heavy (non-hydrogen) atoms. The van der Waals surface area contributed by atoms with Crippen molar-refractivity contribution >= 4 is 5.91 Å². The lowest BCUT2D eigenvalue weighted by molar-refractivity contribution is -0.120. The minimum absolute atomic E-state index is 0.0242. The molecule has 2 aromatic carbocycles. The Balaban J connectivity index is 1.50. The molecule has 2 aromatic rings. The lowest BCUT2D eigenvalue weighted by atomic mass is 9.97. The lowest BCUT2D eigenvalue weighted by Crippen LogP contribution is -2.25. The molecule has 0 unspecified atom stereocenters. The van der Waals surface area contributed by atoms with Crippen LogP contribution in [0.2, 0.25) is 0 Å². The third-order valence-corrected chi connectivity index (χ3v) is 4.77. The van der Waals surface area contributed by atoms with Gasteiger partial charge in [-0.05, 0) is 12.1 Å². The first kappa shape index (κ1) is 15.8. The Bertz CT molecular complexity index is 783. The first-order valence-electron chi connectivity index (χ1n) is 8.58. The molecular weight excluding hydrogens is 318 g/mol. The molecule has 2 aliphatic rings. The van der Waals surface area contributed by atoms with Crippen LogP contribution in [0.1, 0.15) is 22.3 Å². The van der Waals surface area contributed by atoms with Gasteiger partial charge in [0.15, 0.2) is 0 Å². The molecule has 1 amide bonds. The molecule has 0 fully saturated rings. The van der Waals surface area contributed by atoms with E-state index in [0.717, 1.165) is 52.3 Å². The van der Waals surface area contributed by atoms with E-state index in [4.69, 9.17) is 14.2 Å². The van der Waals surface area contributed by atoms with Crippen molar-refractivity contribution in [2.75, 3.05) is 20.3 Å². The van der Waals surface area contributed by atoms with Crippen molar-refractivity contribution in [3.05, 3.63) is 52.6 Å². The second-order valence-electron chi connectivity index (χ2n) is 6.28. The van der Waals surface area contributed by atoms with Gasteiger partial charge < -0.3 is 19.5 Å². The molecule has 2 aliphatic heterocycles. The first-order chi connectivity index (χ1) is 12.3. The summed E-state index contributed by atoms with van der Waals surface area (Å²) in [6.07, 6.45) is 2.02. The third-order valence-electron chi connectivity index (χ3n) is 4.77. The number of fused-ring (bicyclic) bond motifs is 2. The Morgan fingerprint density at radius 2 is 2.04 bits per heavy atom. The number of carbonyl (C=O) groups excluding carboxylic acids is 1. The van der Waals surface area contributed by atoms with Crippen molar-refractivity contribution in [3.63, 3.8) is 0 Å². The van der Waals surface area contributed by atoms with E-state index in [-0.39, 0.29) is 5.91 Å². The van der Waals surface area contributed by atoms with Crippen LogP contribution in [0.15, 0.2) is 30.3 Å². The molecule has 5 heteroatoms. The maximum atomic E-state index is 12.5. The fourth-order valence-electron chi connectivity index (χ4n) is 3.54. The lowest BCUT2D eigenvalue weighted by Gasteiger charge is -2.14. The van der Waals surface area contributed by atoms with Gasteiger partial charge in [0.1, 0.15) is 17.2 Å². The molecule has 5 nitrogen and oxygen atoms in total. The highest BCUT2D eigenvalue weighted by Gasteiger charge is 2.27. The standard InChI is InChI=1S/C20H21NO4/c1-23-17-5-3-2-4-14(17)12-21-19(22)11-16-15-7-9-24-18(15)10-13-6-8-25-20(13)16/h2-5,10H,6-9,11-12H2,1H3,(H,21,22). The predicted molar refractivity (Wildman–Crippen MR) is 93.4 cm³/mol. The molecule has 0 aliphatic carbocycles. The van der Waals surface area contributed by atoms with Crippen molar-refractivity contribution in [1.82, 2.24) is 5.32 Å². The maximum absolute atomic E-state index is 12.5. The smallest absolute Gasteiger partial charge is 0.224 e. The van der Waals surface area contributed by atoms with Crippen LogP contribution in [0.4, 0.5) is 0 Å². The van der Waals surface area contributed by atoms with Crippen molar-refractivity contribution in [3.8, 4) is 17.2 Å². The zero-order valence-corrected chi connectivity index (χ0v) is 14.3. The zero-order valence-electron chi connectivity index (χ0n) is 14.3. The van der Waals surface area contributed by atoms with Gasteiger partial charge in [0.05, 0.1) is 26.7 Å². The van der Waals surface area contributed by atoms with Gasteiger partial charge in [0, 0.05) is 41.6 Å². The second kappa shape index (κ2) is 6.67. The van der Waals surface area contributed by atoms with E-state index in [0.29, 0.717) is 26.2 Å². The molecular formula is C20H21NO4. The number of carbonyl (C=O) groups is 1. The van der Waals surface area contributed by atoms with E-state index < -0.39 is 0 Å². The molecule has 130 valence electrons. The fraction of sp³-hybridized carbons (Fsp3) is 0.350. The summed E-state index contributed by atoms with van der Waals surface area (Å²) in [5.74, 6) is 2.55. The van der Waals surface area contributed by atoms with Crippen molar-refractivity contribution in [2.24, 2.45) is 0 Å². The number of para-hydroxylation sites is 1. The Labute approximate surface area is 146 Å². The van der Waals surface area contributed by atoms with E-state index in [1.165, 1.54) is 0 Å². The average molecular weight is 339 g/mol. The number of methoxy groups -OCH3 is 1. The molecule has 0 saturated heterocycles. The molecule has 0 aromatic heterocycles. The summed E-state index contributed by atoms with van der Waals surface area (Å²) in [4.78, 5) is 12.5. The summed E-state index contributed by atoms with van der Waals surface area (Å²) < 4.78 is 16.8. The molecule has 2 heterocycles. The predicted octanol–water partition coefficient (Wildman–Crippen LogP) is 2.42. The van der Waals surface area contributed by atoms with E-state index >= 15 is 0 Å². The number of ether oxygens (including phenoxy) is 3. The van der Waals surface area contributed by atoms with Gasteiger partial charge >= 0.3 is 0 Å². The van der Waals surface area contributed by atoms with Crippen LogP contribution in [0, 0.1) is 0 Å². The summed E-state index contributed by atoms with van der Waals surface area (Å²) in [6.45, 7) is 1.79. The van der Waals surface area contributed by atoms with E-state index in [2.05, 4.69) is 11.4 Å². The topological polar surface area (TPSA) is 56.8 Å². The molecule has 1 N–H and O–H groups in total. The van der Waals surface area contributed by atoms with Crippen LogP contribution in [-0.4, -0.2) is 26.2 Å². The summed E-state index contributed by atoms with van der Waals surface area (Å²) in [7, 11) is 1.63. The number of benzene rings is 2. The number of nitrogens with one attached hydrogen (secondary N) is 1. The average Bonchev–Trinajstić information content (AvgIpc) is 3.29. The fourth-order valence-corrected chi connectivity index (χ4v) is 3.54.